The number of aromatic nitrogens is 1. The second-order valence-corrected chi connectivity index (χ2v) is 7.56. The first kappa shape index (κ1) is 19.3. The summed E-state index contributed by atoms with van der Waals surface area (Å²) in [5.74, 6) is -0.706. The number of amidine groups is 1. The summed E-state index contributed by atoms with van der Waals surface area (Å²) < 4.78 is 33.4. The van der Waals surface area contributed by atoms with Gasteiger partial charge in [0.2, 0.25) is 0 Å². The number of hydrogen-bond acceptors (Lipinski definition) is 6. The van der Waals surface area contributed by atoms with Crippen LogP contribution in [0, 0.1) is 11.6 Å². The molecular formula is C19H19F2N3O2S. The molecule has 1 aliphatic heterocycles. The Morgan fingerprint density at radius 2 is 2.11 bits per heavy atom. The number of hydrogen-bond donors (Lipinski definition) is 1. The maximum atomic E-state index is 14.4. The van der Waals surface area contributed by atoms with Crippen molar-refractivity contribution in [3.05, 3.63) is 58.9 Å². The molecule has 1 aromatic carbocycles. The molecule has 2 heterocycles. The van der Waals surface area contributed by atoms with Gasteiger partial charge in [-0.1, -0.05) is 17.8 Å². The third kappa shape index (κ3) is 4.10. The van der Waals surface area contributed by atoms with Gasteiger partial charge in [0.1, 0.15) is 17.3 Å². The van der Waals surface area contributed by atoms with Gasteiger partial charge in [-0.15, -0.1) is 0 Å². The number of nitrogens with two attached hydrogens (primary N) is 1. The number of carbonyl (C=O) groups excluding carboxylic acids is 1. The first-order chi connectivity index (χ1) is 12.8. The summed E-state index contributed by atoms with van der Waals surface area (Å²) in [5, 5.41) is 0.411. The van der Waals surface area contributed by atoms with Crippen molar-refractivity contribution in [2.75, 3.05) is 12.9 Å². The molecule has 5 nitrogen and oxygen atoms in total. The smallest absolute Gasteiger partial charge is 0.188 e. The number of thioether (sulfide) groups is 1. The second kappa shape index (κ2) is 7.64. The molecular weight excluding hydrogens is 372 g/mol. The molecule has 8 heteroatoms. The van der Waals surface area contributed by atoms with E-state index in [1.54, 1.807) is 6.07 Å². The van der Waals surface area contributed by atoms with Crippen molar-refractivity contribution in [1.29, 1.82) is 0 Å². The lowest BCUT2D eigenvalue weighted by Gasteiger charge is -2.30. The fourth-order valence-electron chi connectivity index (χ4n) is 2.98. The van der Waals surface area contributed by atoms with Crippen LogP contribution in [0.1, 0.15) is 35.0 Å². The number of pyridine rings is 1. The minimum atomic E-state index is -0.790. The largest absolute Gasteiger partial charge is 0.495 e. The predicted octanol–water partition coefficient (Wildman–Crippen LogP) is 3.46. The Hall–Kier alpha value is -2.48. The molecule has 0 saturated carbocycles. The van der Waals surface area contributed by atoms with E-state index in [0.29, 0.717) is 22.7 Å². The first-order valence-electron chi connectivity index (χ1n) is 8.32. The summed E-state index contributed by atoms with van der Waals surface area (Å²) in [6, 6.07) is 5.51. The molecule has 27 heavy (non-hydrogen) atoms. The third-order valence-corrected chi connectivity index (χ3v) is 5.28. The van der Waals surface area contributed by atoms with E-state index in [4.69, 9.17) is 10.5 Å². The van der Waals surface area contributed by atoms with Crippen LogP contribution in [0.25, 0.3) is 0 Å². The van der Waals surface area contributed by atoms with Gasteiger partial charge >= 0.3 is 0 Å². The predicted molar refractivity (Wildman–Crippen MR) is 101 cm³/mol. The van der Waals surface area contributed by atoms with Gasteiger partial charge in [0.25, 0.3) is 0 Å². The lowest BCUT2D eigenvalue weighted by molar-refractivity contribution is 0.0983. The molecule has 3 rings (SSSR count). The Morgan fingerprint density at radius 1 is 1.33 bits per heavy atom. The monoisotopic (exact) mass is 391 g/mol. The van der Waals surface area contributed by atoms with Crippen LogP contribution in [0.3, 0.4) is 0 Å². The van der Waals surface area contributed by atoms with Crippen LogP contribution in [0.15, 0.2) is 35.5 Å². The standard InChI is InChI=1S/C19H19F2N3O2S/c1-19(5-6-27-18(22)24-19)13-7-11(3-4-14(13)20)8-16(25)17-15(21)9-12(26-2)10-23-17/h3-4,7,9-10H,5-6,8H2,1-2H3,(H2,22,24)/t19-/m0/s1. The maximum Gasteiger partial charge on any atom is 0.188 e. The van der Waals surface area contributed by atoms with Crippen molar-refractivity contribution < 1.29 is 18.3 Å². The van der Waals surface area contributed by atoms with Gasteiger partial charge in [-0.2, -0.15) is 0 Å². The van der Waals surface area contributed by atoms with E-state index in [9.17, 15) is 13.6 Å². The SMILES string of the molecule is COc1cnc(C(=O)Cc2ccc(F)c([C@]3(C)CCSC(N)=N3)c2)c(F)c1. The molecule has 2 N–H and O–H groups in total. The molecule has 0 spiro atoms. The molecule has 1 aliphatic rings. The first-order valence-corrected chi connectivity index (χ1v) is 9.31. The van der Waals surface area contributed by atoms with Crippen molar-refractivity contribution >= 4 is 22.7 Å². The average Bonchev–Trinajstić information content (AvgIpc) is 2.62. The van der Waals surface area contributed by atoms with Crippen molar-refractivity contribution in [1.82, 2.24) is 4.98 Å². The van der Waals surface area contributed by atoms with E-state index >= 15 is 0 Å². The van der Waals surface area contributed by atoms with Gasteiger partial charge in [-0.25, -0.2) is 13.8 Å². The molecule has 2 aromatic rings. The van der Waals surface area contributed by atoms with Crippen LogP contribution in [-0.4, -0.2) is 28.8 Å². The van der Waals surface area contributed by atoms with E-state index in [0.717, 1.165) is 11.8 Å². The third-order valence-electron chi connectivity index (χ3n) is 4.49. The van der Waals surface area contributed by atoms with Gasteiger partial charge in [-0.3, -0.25) is 9.79 Å². The van der Waals surface area contributed by atoms with E-state index in [2.05, 4.69) is 9.98 Å². The van der Waals surface area contributed by atoms with Gasteiger partial charge in [0.15, 0.2) is 16.8 Å². The molecule has 1 aromatic heterocycles. The van der Waals surface area contributed by atoms with Crippen LogP contribution < -0.4 is 10.5 Å². The number of carbonyl (C=O) groups is 1. The van der Waals surface area contributed by atoms with Crippen LogP contribution in [-0.2, 0) is 12.0 Å². The summed E-state index contributed by atoms with van der Waals surface area (Å²) in [6.07, 6.45) is 1.81. The van der Waals surface area contributed by atoms with Crippen molar-refractivity contribution in [3.63, 3.8) is 0 Å². The number of ether oxygens (including phenoxy) is 1. The van der Waals surface area contributed by atoms with E-state index in [-0.39, 0.29) is 17.9 Å². The molecule has 0 amide bonds. The van der Waals surface area contributed by atoms with Crippen LogP contribution in [0.5, 0.6) is 5.75 Å². The second-order valence-electron chi connectivity index (χ2n) is 6.44. The normalized spacial score (nSPS) is 19.5. The van der Waals surface area contributed by atoms with Crippen molar-refractivity contribution in [2.45, 2.75) is 25.3 Å². The van der Waals surface area contributed by atoms with Gasteiger partial charge < -0.3 is 10.5 Å². The number of benzene rings is 1. The lowest BCUT2D eigenvalue weighted by atomic mass is 9.87. The topological polar surface area (TPSA) is 77.6 Å². The van der Waals surface area contributed by atoms with Gasteiger partial charge in [0.05, 0.1) is 18.8 Å². The Morgan fingerprint density at radius 3 is 2.78 bits per heavy atom. The molecule has 142 valence electrons. The number of rotatable bonds is 5. The van der Waals surface area contributed by atoms with Crippen molar-refractivity contribution in [2.24, 2.45) is 10.7 Å². The molecule has 0 unspecified atom stereocenters. The zero-order valence-corrected chi connectivity index (χ0v) is 15.8. The average molecular weight is 391 g/mol. The number of aliphatic imine (C=N–C) groups is 1. The summed E-state index contributed by atoms with van der Waals surface area (Å²) in [6.45, 7) is 1.81. The quantitative estimate of drug-likeness (QED) is 0.790. The molecule has 0 saturated heterocycles. The Kier molecular flexibility index (Phi) is 5.46. The number of Topliss-reactive ketones (excluding diaryl/α,β-unsaturated/α-hetero) is 1. The molecule has 0 aliphatic carbocycles. The number of ketones is 1. The highest BCUT2D eigenvalue weighted by Gasteiger charge is 2.32. The Balaban J connectivity index is 1.88. The summed E-state index contributed by atoms with van der Waals surface area (Å²) in [7, 11) is 1.39. The summed E-state index contributed by atoms with van der Waals surface area (Å²) in [4.78, 5) is 20.7. The molecule has 1 atom stereocenters. The highest BCUT2D eigenvalue weighted by Crippen LogP contribution is 2.36. The number of methoxy groups -OCH3 is 1. The highest BCUT2D eigenvalue weighted by atomic mass is 32.2. The van der Waals surface area contributed by atoms with Gasteiger partial charge in [-0.05, 0) is 31.0 Å². The summed E-state index contributed by atoms with van der Waals surface area (Å²) >= 11 is 1.43. The molecule has 0 radical (unpaired) electrons. The van der Waals surface area contributed by atoms with Gasteiger partial charge in [0, 0.05) is 23.8 Å². The minimum Gasteiger partial charge on any atom is -0.495 e. The summed E-state index contributed by atoms with van der Waals surface area (Å²) in [5.41, 5.74) is 5.68. The zero-order valence-electron chi connectivity index (χ0n) is 15.0. The van der Waals surface area contributed by atoms with Crippen LogP contribution >= 0.6 is 11.8 Å². The van der Waals surface area contributed by atoms with E-state index < -0.39 is 23.0 Å². The molecule has 0 bridgehead atoms. The fourth-order valence-corrected chi connectivity index (χ4v) is 3.96. The zero-order chi connectivity index (χ0) is 19.6. The highest BCUT2D eigenvalue weighted by molar-refractivity contribution is 8.13. The number of nitrogens with zero attached hydrogens (tertiary/aromatic N) is 2. The lowest BCUT2D eigenvalue weighted by Crippen LogP contribution is -2.29. The Labute approximate surface area is 160 Å². The van der Waals surface area contributed by atoms with Crippen molar-refractivity contribution in [3.8, 4) is 5.75 Å². The number of halogens is 2. The molecule has 0 fully saturated rings. The minimum absolute atomic E-state index is 0.104. The van der Waals surface area contributed by atoms with Crippen LogP contribution in [0.2, 0.25) is 0 Å². The maximum absolute atomic E-state index is 14.4. The Bertz CT molecular complexity index is 920. The van der Waals surface area contributed by atoms with E-state index in [1.165, 1.54) is 37.2 Å². The fraction of sp³-hybridized carbons (Fsp3) is 0.316. The van der Waals surface area contributed by atoms with E-state index in [1.807, 2.05) is 6.92 Å². The van der Waals surface area contributed by atoms with Crippen LogP contribution in [0.4, 0.5) is 8.78 Å².